The summed E-state index contributed by atoms with van der Waals surface area (Å²) >= 11 is 3.89. The van der Waals surface area contributed by atoms with Crippen LogP contribution in [0.3, 0.4) is 0 Å². The van der Waals surface area contributed by atoms with Crippen LogP contribution in [0.1, 0.15) is 83.3 Å². The molecule has 0 aliphatic heterocycles. The molecule has 0 amide bonds. The lowest BCUT2D eigenvalue weighted by atomic mass is 9.75. The van der Waals surface area contributed by atoms with Gasteiger partial charge in [-0.05, 0) is 67.6 Å². The predicted molar refractivity (Wildman–Crippen MR) is 128 cm³/mol. The number of thioether (sulfide) groups is 2. The second-order valence-electron chi connectivity index (χ2n) is 9.40. The number of nitrogens with two attached hydrogens (primary N) is 1. The van der Waals surface area contributed by atoms with E-state index in [0.29, 0.717) is 5.78 Å². The predicted octanol–water partition coefficient (Wildman–Crippen LogP) is 6.30. The van der Waals surface area contributed by atoms with E-state index in [9.17, 15) is 4.79 Å². The van der Waals surface area contributed by atoms with Crippen molar-refractivity contribution >= 4 is 29.3 Å². The van der Waals surface area contributed by atoms with E-state index in [1.54, 1.807) is 0 Å². The summed E-state index contributed by atoms with van der Waals surface area (Å²) in [6.07, 6.45) is 12.9. The highest BCUT2D eigenvalue weighted by Crippen LogP contribution is 2.39. The number of carbonyl (C=O) groups is 1. The van der Waals surface area contributed by atoms with Crippen molar-refractivity contribution in [1.82, 2.24) is 0 Å². The van der Waals surface area contributed by atoms with Gasteiger partial charge in [0.15, 0.2) is 0 Å². The molecule has 0 atom stereocenters. The van der Waals surface area contributed by atoms with Crippen LogP contribution in [0.25, 0.3) is 0 Å². The number of ketones is 1. The fraction of sp³-hybridized carbons (Fsp3) is 0.708. The molecular formula is C24H39NOS2. The Morgan fingerprint density at radius 2 is 1.50 bits per heavy atom. The quantitative estimate of drug-likeness (QED) is 0.621. The van der Waals surface area contributed by atoms with Crippen LogP contribution in [0.15, 0.2) is 24.3 Å². The number of hydrogen-bond donors (Lipinski definition) is 1. The molecule has 0 bridgehead atoms. The summed E-state index contributed by atoms with van der Waals surface area (Å²) in [7, 11) is 0. The zero-order valence-electron chi connectivity index (χ0n) is 18.4. The minimum absolute atomic E-state index is 0.104. The van der Waals surface area contributed by atoms with Crippen LogP contribution in [-0.4, -0.2) is 28.8 Å². The molecule has 3 rings (SSSR count). The molecule has 28 heavy (non-hydrogen) atoms. The highest BCUT2D eigenvalue weighted by Gasteiger charge is 2.33. The minimum Gasteiger partial charge on any atom is -0.321 e. The van der Waals surface area contributed by atoms with Gasteiger partial charge in [0, 0.05) is 28.9 Å². The first kappa shape index (κ1) is 23.8. The molecule has 158 valence electrons. The van der Waals surface area contributed by atoms with Crippen LogP contribution in [-0.2, 0) is 15.7 Å². The number of Topliss-reactive ketones (excluding diaryl/α,β-unsaturated/α-hetero) is 1. The second kappa shape index (κ2) is 10.5. The maximum atomic E-state index is 10.7. The molecule has 2 aliphatic carbocycles. The van der Waals surface area contributed by atoms with E-state index in [1.807, 2.05) is 23.5 Å². The van der Waals surface area contributed by atoms with Crippen molar-refractivity contribution in [2.45, 2.75) is 93.6 Å². The molecule has 2 fully saturated rings. The van der Waals surface area contributed by atoms with Gasteiger partial charge in [-0.2, -0.15) is 23.5 Å². The van der Waals surface area contributed by atoms with Crippen molar-refractivity contribution in [2.75, 3.05) is 12.5 Å². The molecule has 4 heteroatoms. The lowest BCUT2D eigenvalue weighted by molar-refractivity contribution is -0.120. The molecule has 2 nitrogen and oxygen atoms in total. The maximum Gasteiger partial charge on any atom is 0.132 e. The van der Waals surface area contributed by atoms with Crippen molar-refractivity contribution in [3.63, 3.8) is 0 Å². The third kappa shape index (κ3) is 6.81. The molecule has 0 aromatic heterocycles. The highest BCUT2D eigenvalue weighted by molar-refractivity contribution is 7.99. The molecular weight excluding hydrogens is 382 g/mol. The Balaban J connectivity index is 0.000000261. The van der Waals surface area contributed by atoms with Gasteiger partial charge >= 0.3 is 0 Å². The molecule has 1 aromatic rings. The maximum absolute atomic E-state index is 10.7. The summed E-state index contributed by atoms with van der Waals surface area (Å²) in [4.78, 5) is 10.7. The average Bonchev–Trinajstić information content (AvgIpc) is 2.69. The summed E-state index contributed by atoms with van der Waals surface area (Å²) in [5.41, 5.74) is 9.52. The molecule has 0 spiro atoms. The van der Waals surface area contributed by atoms with Crippen molar-refractivity contribution in [2.24, 2.45) is 5.73 Å². The standard InChI is InChI=1S/C17H27NS.C7H12OS/c1-16(2,3)13-6-5-7-14(12-13)17(18)10-8-15(19-4)9-11-17;1-9-7-4-2-6(8)3-5-7/h5-7,12,15H,8-11,18H2,1-4H3;7H,2-5H2,1H3. The van der Waals surface area contributed by atoms with Gasteiger partial charge in [-0.25, -0.2) is 0 Å². The Bertz CT molecular complexity index is 620. The van der Waals surface area contributed by atoms with Gasteiger partial charge < -0.3 is 5.73 Å². The summed E-state index contributed by atoms with van der Waals surface area (Å²) in [5, 5.41) is 1.57. The molecule has 2 N–H and O–H groups in total. The largest absolute Gasteiger partial charge is 0.321 e. The summed E-state index contributed by atoms with van der Waals surface area (Å²) < 4.78 is 0. The molecule has 0 heterocycles. The molecule has 0 unspecified atom stereocenters. The van der Waals surface area contributed by atoms with E-state index in [4.69, 9.17) is 5.73 Å². The van der Waals surface area contributed by atoms with Gasteiger partial charge in [0.05, 0.1) is 0 Å². The van der Waals surface area contributed by atoms with Crippen LogP contribution in [0.2, 0.25) is 0 Å². The van der Waals surface area contributed by atoms with Crippen LogP contribution in [0.4, 0.5) is 0 Å². The minimum atomic E-state index is -0.104. The van der Waals surface area contributed by atoms with Crippen LogP contribution >= 0.6 is 23.5 Å². The number of rotatable bonds is 3. The molecule has 0 saturated heterocycles. The Morgan fingerprint density at radius 3 is 2.00 bits per heavy atom. The number of benzene rings is 1. The first-order chi connectivity index (χ1) is 13.2. The van der Waals surface area contributed by atoms with Crippen molar-refractivity contribution in [3.05, 3.63) is 35.4 Å². The smallest absolute Gasteiger partial charge is 0.132 e. The van der Waals surface area contributed by atoms with Crippen LogP contribution in [0, 0.1) is 0 Å². The summed E-state index contributed by atoms with van der Waals surface area (Å²) in [6.45, 7) is 6.79. The Labute approximate surface area is 181 Å². The van der Waals surface area contributed by atoms with E-state index in [2.05, 4.69) is 57.5 Å². The van der Waals surface area contributed by atoms with E-state index in [1.165, 1.54) is 24.0 Å². The molecule has 1 aromatic carbocycles. The Hall–Kier alpha value is -0.450. The van der Waals surface area contributed by atoms with Crippen molar-refractivity contribution in [1.29, 1.82) is 0 Å². The fourth-order valence-electron chi connectivity index (χ4n) is 4.08. The normalized spacial score (nSPS) is 26.5. The van der Waals surface area contributed by atoms with E-state index < -0.39 is 0 Å². The average molecular weight is 422 g/mol. The number of hydrogen-bond acceptors (Lipinski definition) is 4. The number of carbonyl (C=O) groups excluding carboxylic acids is 1. The first-order valence-electron chi connectivity index (χ1n) is 10.6. The van der Waals surface area contributed by atoms with Gasteiger partial charge in [0.2, 0.25) is 0 Å². The zero-order chi connectivity index (χ0) is 20.8. The third-order valence-corrected chi connectivity index (χ3v) is 8.56. The first-order valence-corrected chi connectivity index (χ1v) is 13.2. The summed E-state index contributed by atoms with van der Waals surface area (Å²) in [6, 6.07) is 8.94. The third-order valence-electron chi connectivity index (χ3n) is 6.29. The van der Waals surface area contributed by atoms with Gasteiger partial charge in [-0.1, -0.05) is 45.0 Å². The van der Waals surface area contributed by atoms with E-state index in [0.717, 1.165) is 49.0 Å². The molecule has 0 radical (unpaired) electrons. The molecule has 2 aliphatic rings. The van der Waals surface area contributed by atoms with Gasteiger partial charge in [-0.15, -0.1) is 0 Å². The summed E-state index contributed by atoms with van der Waals surface area (Å²) in [5.74, 6) is 0.459. The SMILES string of the molecule is CSC1CCC(=O)CC1.CSC1CCC(N)(c2cccc(C(C)(C)C)c2)CC1. The monoisotopic (exact) mass is 421 g/mol. The van der Waals surface area contributed by atoms with Crippen LogP contribution < -0.4 is 5.73 Å². The lowest BCUT2D eigenvalue weighted by Crippen LogP contribution is -2.41. The molecule has 2 saturated carbocycles. The van der Waals surface area contributed by atoms with E-state index in [-0.39, 0.29) is 11.0 Å². The lowest BCUT2D eigenvalue weighted by Gasteiger charge is -2.37. The van der Waals surface area contributed by atoms with Gasteiger partial charge in [0.25, 0.3) is 0 Å². The van der Waals surface area contributed by atoms with Gasteiger partial charge in [-0.3, -0.25) is 4.79 Å². The Morgan fingerprint density at radius 1 is 0.964 bits per heavy atom. The van der Waals surface area contributed by atoms with Crippen molar-refractivity contribution < 1.29 is 4.79 Å². The zero-order valence-corrected chi connectivity index (χ0v) is 20.1. The Kier molecular flexibility index (Phi) is 8.97. The second-order valence-corrected chi connectivity index (χ2v) is 11.7. The van der Waals surface area contributed by atoms with Crippen LogP contribution in [0.5, 0.6) is 0 Å². The highest BCUT2D eigenvalue weighted by atomic mass is 32.2. The van der Waals surface area contributed by atoms with E-state index >= 15 is 0 Å². The van der Waals surface area contributed by atoms with Crippen molar-refractivity contribution in [3.8, 4) is 0 Å². The van der Waals surface area contributed by atoms with Gasteiger partial charge in [0.1, 0.15) is 5.78 Å². The fourth-order valence-corrected chi connectivity index (χ4v) is 5.49. The topological polar surface area (TPSA) is 43.1 Å².